The summed E-state index contributed by atoms with van der Waals surface area (Å²) in [6.07, 6.45) is 0. The van der Waals surface area contributed by atoms with Crippen LogP contribution in [-0.2, 0) is 10.1 Å². The van der Waals surface area contributed by atoms with E-state index in [0.29, 0.717) is 0 Å². The van der Waals surface area contributed by atoms with Gasteiger partial charge in [0.15, 0.2) is 0 Å². The molecule has 0 radical (unpaired) electrons. The molecule has 3 rings (SSSR count). The van der Waals surface area contributed by atoms with Gasteiger partial charge in [-0.15, -0.1) is 12.4 Å². The molecule has 0 fully saturated rings. The quantitative estimate of drug-likeness (QED) is 0.680. The average Bonchev–Trinajstić information content (AvgIpc) is 2.48. The van der Waals surface area contributed by atoms with Crippen LogP contribution >= 0.6 is 12.4 Å². The fraction of sp³-hybridized carbons (Fsp3) is 0.0588. The highest BCUT2D eigenvalue weighted by Gasteiger charge is 2.09. The summed E-state index contributed by atoms with van der Waals surface area (Å²) in [5.74, 6) is 0. The van der Waals surface area contributed by atoms with Gasteiger partial charge in [0, 0.05) is 11.4 Å². The normalized spacial score (nSPS) is 11.0. The molecular formula is C17H16ClNO3S. The van der Waals surface area contributed by atoms with Crippen LogP contribution < -0.4 is 5.32 Å². The van der Waals surface area contributed by atoms with Crippen molar-refractivity contribution in [2.75, 3.05) is 5.32 Å². The van der Waals surface area contributed by atoms with Gasteiger partial charge in [0.05, 0.1) is 4.90 Å². The predicted molar refractivity (Wildman–Crippen MR) is 95.5 cm³/mol. The number of benzene rings is 3. The first-order chi connectivity index (χ1) is 10.4. The molecule has 0 saturated carbocycles. The van der Waals surface area contributed by atoms with Crippen LogP contribution in [0.2, 0.25) is 0 Å². The number of aryl methyl sites for hydroxylation is 1. The van der Waals surface area contributed by atoms with Crippen LogP contribution in [0.25, 0.3) is 10.8 Å². The average molecular weight is 350 g/mol. The van der Waals surface area contributed by atoms with Gasteiger partial charge in [-0.2, -0.15) is 8.42 Å². The molecule has 0 heterocycles. The summed E-state index contributed by atoms with van der Waals surface area (Å²) in [5, 5.41) is 4.95. The van der Waals surface area contributed by atoms with Gasteiger partial charge < -0.3 is 5.32 Å². The zero-order chi connectivity index (χ0) is 15.7. The van der Waals surface area contributed by atoms with E-state index in [0.717, 1.165) is 22.1 Å². The second-order valence-corrected chi connectivity index (χ2v) is 6.61. The lowest BCUT2D eigenvalue weighted by atomic mass is 10.1. The summed E-state index contributed by atoms with van der Waals surface area (Å²) in [4.78, 5) is -0.0979. The summed E-state index contributed by atoms with van der Waals surface area (Å²) >= 11 is 0. The van der Waals surface area contributed by atoms with E-state index in [-0.39, 0.29) is 17.3 Å². The first-order valence-electron chi connectivity index (χ1n) is 6.77. The third-order valence-corrected chi connectivity index (χ3v) is 4.30. The highest BCUT2D eigenvalue weighted by atomic mass is 35.5. The van der Waals surface area contributed by atoms with E-state index in [9.17, 15) is 8.42 Å². The van der Waals surface area contributed by atoms with Crippen molar-refractivity contribution >= 4 is 44.7 Å². The van der Waals surface area contributed by atoms with Crippen molar-refractivity contribution < 1.29 is 13.0 Å². The number of fused-ring (bicyclic) bond motifs is 1. The lowest BCUT2D eigenvalue weighted by Crippen LogP contribution is -1.97. The Hall–Kier alpha value is -2.08. The van der Waals surface area contributed by atoms with Gasteiger partial charge in [0.2, 0.25) is 0 Å². The molecule has 0 amide bonds. The Morgan fingerprint density at radius 2 is 1.39 bits per heavy atom. The molecule has 3 aromatic carbocycles. The van der Waals surface area contributed by atoms with Gasteiger partial charge in [-0.25, -0.2) is 0 Å². The maximum Gasteiger partial charge on any atom is 0.294 e. The Labute approximate surface area is 141 Å². The number of hydrogen-bond acceptors (Lipinski definition) is 3. The van der Waals surface area contributed by atoms with Gasteiger partial charge in [-0.05, 0) is 54.1 Å². The molecule has 2 N–H and O–H groups in total. The Balaban J connectivity index is 0.00000192. The standard InChI is InChI=1S/C17H15NO3S.ClH/c1-12-2-6-15(7-3-12)18-16-8-4-14-11-17(22(19,20)21)9-5-13(14)10-16;/h2-11,18H,1H3,(H,19,20,21);1H. The number of halogens is 1. The van der Waals surface area contributed by atoms with E-state index in [1.807, 2.05) is 49.4 Å². The summed E-state index contributed by atoms with van der Waals surface area (Å²) in [6.45, 7) is 2.03. The smallest absolute Gasteiger partial charge is 0.294 e. The summed E-state index contributed by atoms with van der Waals surface area (Å²) < 4.78 is 31.4. The second kappa shape index (κ2) is 6.58. The monoisotopic (exact) mass is 349 g/mol. The molecule has 3 aromatic rings. The molecule has 0 aromatic heterocycles. The zero-order valence-electron chi connectivity index (χ0n) is 12.4. The van der Waals surface area contributed by atoms with E-state index >= 15 is 0 Å². The summed E-state index contributed by atoms with van der Waals surface area (Å²) in [7, 11) is -4.17. The predicted octanol–water partition coefficient (Wildman–Crippen LogP) is 4.56. The Morgan fingerprint density at radius 1 is 0.826 bits per heavy atom. The third-order valence-electron chi connectivity index (χ3n) is 3.45. The van der Waals surface area contributed by atoms with Crippen LogP contribution in [0.1, 0.15) is 5.56 Å². The van der Waals surface area contributed by atoms with E-state index < -0.39 is 10.1 Å². The van der Waals surface area contributed by atoms with Crippen molar-refractivity contribution in [3.05, 3.63) is 66.2 Å². The number of nitrogens with one attached hydrogen (secondary N) is 1. The van der Waals surface area contributed by atoms with Crippen LogP contribution in [-0.4, -0.2) is 13.0 Å². The Morgan fingerprint density at radius 3 is 2.04 bits per heavy atom. The minimum atomic E-state index is -4.17. The summed E-state index contributed by atoms with van der Waals surface area (Å²) in [5.41, 5.74) is 3.09. The van der Waals surface area contributed by atoms with Crippen molar-refractivity contribution in [1.82, 2.24) is 0 Å². The first kappa shape index (κ1) is 17.3. The van der Waals surface area contributed by atoms with E-state index in [1.165, 1.54) is 17.7 Å². The maximum absolute atomic E-state index is 11.2. The van der Waals surface area contributed by atoms with Gasteiger partial charge in [0.1, 0.15) is 0 Å². The van der Waals surface area contributed by atoms with Crippen LogP contribution in [0, 0.1) is 6.92 Å². The largest absolute Gasteiger partial charge is 0.356 e. The minimum Gasteiger partial charge on any atom is -0.356 e. The number of rotatable bonds is 3. The van der Waals surface area contributed by atoms with Gasteiger partial charge >= 0.3 is 0 Å². The molecule has 23 heavy (non-hydrogen) atoms. The van der Waals surface area contributed by atoms with Gasteiger partial charge in [-0.3, -0.25) is 4.55 Å². The Kier molecular flexibility index (Phi) is 4.94. The van der Waals surface area contributed by atoms with Crippen molar-refractivity contribution in [2.45, 2.75) is 11.8 Å². The molecule has 4 nitrogen and oxygen atoms in total. The van der Waals surface area contributed by atoms with E-state index in [1.54, 1.807) is 6.07 Å². The summed E-state index contributed by atoms with van der Waals surface area (Å²) in [6, 6.07) is 18.2. The number of anilines is 2. The molecule has 0 aliphatic rings. The molecule has 0 bridgehead atoms. The molecule has 0 spiro atoms. The molecule has 6 heteroatoms. The highest BCUT2D eigenvalue weighted by Crippen LogP contribution is 2.24. The van der Waals surface area contributed by atoms with Crippen LogP contribution in [0.5, 0.6) is 0 Å². The number of hydrogen-bond donors (Lipinski definition) is 2. The van der Waals surface area contributed by atoms with Crippen molar-refractivity contribution in [3.63, 3.8) is 0 Å². The van der Waals surface area contributed by atoms with Crippen LogP contribution in [0.4, 0.5) is 11.4 Å². The van der Waals surface area contributed by atoms with Crippen LogP contribution in [0.15, 0.2) is 65.6 Å². The molecular weight excluding hydrogens is 334 g/mol. The fourth-order valence-corrected chi connectivity index (χ4v) is 2.78. The van der Waals surface area contributed by atoms with E-state index in [2.05, 4.69) is 5.32 Å². The SMILES string of the molecule is Cc1ccc(Nc2ccc3cc(S(=O)(=O)O)ccc3c2)cc1.Cl. The third kappa shape index (κ3) is 4.01. The molecule has 0 aliphatic heterocycles. The molecule has 0 unspecified atom stereocenters. The van der Waals surface area contributed by atoms with Crippen molar-refractivity contribution in [2.24, 2.45) is 0 Å². The second-order valence-electron chi connectivity index (χ2n) is 5.19. The van der Waals surface area contributed by atoms with Crippen molar-refractivity contribution in [3.8, 4) is 0 Å². The first-order valence-corrected chi connectivity index (χ1v) is 8.21. The lowest BCUT2D eigenvalue weighted by Gasteiger charge is -2.08. The molecule has 120 valence electrons. The molecule has 0 saturated heterocycles. The van der Waals surface area contributed by atoms with Crippen molar-refractivity contribution in [1.29, 1.82) is 0 Å². The minimum absolute atomic E-state index is 0. The lowest BCUT2D eigenvalue weighted by molar-refractivity contribution is 0.483. The zero-order valence-corrected chi connectivity index (χ0v) is 14.0. The van der Waals surface area contributed by atoms with E-state index in [4.69, 9.17) is 4.55 Å². The van der Waals surface area contributed by atoms with Crippen LogP contribution in [0.3, 0.4) is 0 Å². The highest BCUT2D eigenvalue weighted by molar-refractivity contribution is 7.85. The fourth-order valence-electron chi connectivity index (χ4n) is 2.27. The topological polar surface area (TPSA) is 66.4 Å². The van der Waals surface area contributed by atoms with Gasteiger partial charge in [-0.1, -0.05) is 29.8 Å². The molecule has 0 aliphatic carbocycles. The molecule has 0 atom stereocenters. The van der Waals surface area contributed by atoms with Gasteiger partial charge in [0.25, 0.3) is 10.1 Å². The maximum atomic E-state index is 11.2. The Bertz CT molecular complexity index is 938.